The topological polar surface area (TPSA) is 34.0 Å². The maximum absolute atomic E-state index is 13.5. The number of halogens is 1. The van der Waals surface area contributed by atoms with Crippen LogP contribution in [0.1, 0.15) is 52.5 Å². The number of piperidine rings is 1. The molecule has 1 atom stereocenters. The highest BCUT2D eigenvalue weighted by Crippen LogP contribution is 2.28. The molecule has 0 spiro atoms. The van der Waals surface area contributed by atoms with E-state index in [2.05, 4.69) is 36.0 Å². The normalized spacial score (nSPS) is 17.6. The molecule has 4 rings (SSSR count). The van der Waals surface area contributed by atoms with Gasteiger partial charge in [-0.05, 0) is 75.0 Å². The van der Waals surface area contributed by atoms with E-state index in [0.717, 1.165) is 37.3 Å². The quantitative estimate of drug-likeness (QED) is 0.639. The summed E-state index contributed by atoms with van der Waals surface area (Å²) in [5.41, 5.74) is 6.95. The van der Waals surface area contributed by atoms with Gasteiger partial charge in [0.15, 0.2) is 0 Å². The number of aryl methyl sites for hydroxylation is 2. The summed E-state index contributed by atoms with van der Waals surface area (Å²) in [4.78, 5) is 7.38. The fourth-order valence-corrected chi connectivity index (χ4v) is 4.34. The van der Waals surface area contributed by atoms with Gasteiger partial charge in [-0.1, -0.05) is 12.1 Å². The van der Waals surface area contributed by atoms with Crippen LogP contribution in [0.15, 0.2) is 42.6 Å². The Balaban J connectivity index is 1.49. The van der Waals surface area contributed by atoms with Crippen LogP contribution in [0.3, 0.4) is 0 Å². The van der Waals surface area contributed by atoms with Crippen molar-refractivity contribution in [1.82, 2.24) is 19.7 Å². The number of hydrogen-bond donors (Lipinski definition) is 0. The van der Waals surface area contributed by atoms with Crippen molar-refractivity contribution in [3.05, 3.63) is 82.2 Å². The molecule has 0 radical (unpaired) electrons. The van der Waals surface area contributed by atoms with Crippen LogP contribution in [0.25, 0.3) is 0 Å². The minimum Gasteiger partial charge on any atom is -0.298 e. The van der Waals surface area contributed by atoms with Crippen LogP contribution in [0.5, 0.6) is 0 Å². The van der Waals surface area contributed by atoms with Crippen molar-refractivity contribution in [3.63, 3.8) is 0 Å². The zero-order valence-electron chi connectivity index (χ0n) is 17.5. The van der Waals surface area contributed by atoms with Gasteiger partial charge in [-0.25, -0.2) is 4.39 Å². The van der Waals surface area contributed by atoms with E-state index in [4.69, 9.17) is 4.98 Å². The molecule has 0 amide bonds. The number of nitrogens with zero attached hydrogens (tertiary/aromatic N) is 4. The smallest absolute Gasteiger partial charge is 0.123 e. The largest absolute Gasteiger partial charge is 0.298 e. The number of aromatic nitrogens is 3. The number of rotatable bonds is 5. The summed E-state index contributed by atoms with van der Waals surface area (Å²) in [6.07, 6.45) is 5.07. The number of pyridine rings is 1. The molecule has 0 unspecified atom stereocenters. The summed E-state index contributed by atoms with van der Waals surface area (Å²) in [5, 5.41) is 4.38. The second-order valence-corrected chi connectivity index (χ2v) is 8.30. The first kappa shape index (κ1) is 19.8. The second-order valence-electron chi connectivity index (χ2n) is 8.30. The van der Waals surface area contributed by atoms with Crippen molar-refractivity contribution in [3.8, 4) is 0 Å². The van der Waals surface area contributed by atoms with E-state index in [-0.39, 0.29) is 5.82 Å². The average Bonchev–Trinajstić information content (AvgIpc) is 3.00. The Morgan fingerprint density at radius 3 is 2.76 bits per heavy atom. The summed E-state index contributed by atoms with van der Waals surface area (Å²) < 4.78 is 15.5. The Kier molecular flexibility index (Phi) is 5.76. The van der Waals surface area contributed by atoms with Crippen molar-refractivity contribution >= 4 is 0 Å². The van der Waals surface area contributed by atoms with E-state index in [1.54, 1.807) is 12.1 Å². The first-order valence-corrected chi connectivity index (χ1v) is 10.4. The highest BCUT2D eigenvalue weighted by Gasteiger charge is 2.24. The summed E-state index contributed by atoms with van der Waals surface area (Å²) in [7, 11) is 1.99. The maximum Gasteiger partial charge on any atom is 0.123 e. The third kappa shape index (κ3) is 4.73. The standard InChI is InChI=1S/C24H29FN4/c1-17-10-20(11-19-6-4-8-23(25)12-19)13-24(27-17)21-7-5-9-29(15-21)16-22-14-26-28(3)18(22)2/h4,6,8,10,12-14,21H,5,7,9,11,15-16H2,1-3H3/t21-/m1/s1. The van der Waals surface area contributed by atoms with Crippen LogP contribution in [-0.2, 0) is 20.0 Å². The van der Waals surface area contributed by atoms with Gasteiger partial charge in [-0.3, -0.25) is 14.6 Å². The summed E-state index contributed by atoms with van der Waals surface area (Å²) in [6.45, 7) is 7.26. The molecule has 5 heteroatoms. The molecule has 1 fully saturated rings. The van der Waals surface area contributed by atoms with Gasteiger partial charge in [0.25, 0.3) is 0 Å². The van der Waals surface area contributed by atoms with Gasteiger partial charge in [-0.2, -0.15) is 5.10 Å². The van der Waals surface area contributed by atoms with Crippen molar-refractivity contribution in [2.45, 2.75) is 45.6 Å². The van der Waals surface area contributed by atoms with E-state index < -0.39 is 0 Å². The fourth-order valence-electron chi connectivity index (χ4n) is 4.34. The van der Waals surface area contributed by atoms with Gasteiger partial charge in [0.2, 0.25) is 0 Å². The van der Waals surface area contributed by atoms with Crippen LogP contribution in [0.2, 0.25) is 0 Å². The van der Waals surface area contributed by atoms with Crippen LogP contribution < -0.4 is 0 Å². The van der Waals surface area contributed by atoms with Crippen LogP contribution in [0, 0.1) is 19.7 Å². The minimum absolute atomic E-state index is 0.179. The third-order valence-electron chi connectivity index (χ3n) is 5.98. The minimum atomic E-state index is -0.179. The Morgan fingerprint density at radius 1 is 1.14 bits per heavy atom. The molecule has 3 aromatic rings. The molecular weight excluding hydrogens is 363 g/mol. The predicted molar refractivity (Wildman–Crippen MR) is 113 cm³/mol. The van der Waals surface area contributed by atoms with Crippen LogP contribution in [0.4, 0.5) is 4.39 Å². The van der Waals surface area contributed by atoms with Gasteiger partial charge in [-0.15, -0.1) is 0 Å². The Labute approximate surface area is 172 Å². The highest BCUT2D eigenvalue weighted by atomic mass is 19.1. The number of hydrogen-bond acceptors (Lipinski definition) is 3. The molecule has 1 aliphatic rings. The summed E-state index contributed by atoms with van der Waals surface area (Å²) >= 11 is 0. The molecule has 1 aliphatic heterocycles. The molecule has 1 aromatic carbocycles. The first-order chi connectivity index (χ1) is 14.0. The zero-order chi connectivity index (χ0) is 20.4. The summed E-state index contributed by atoms with van der Waals surface area (Å²) in [5.74, 6) is 0.258. The molecular formula is C24H29FN4. The Hall–Kier alpha value is -2.53. The van der Waals surface area contributed by atoms with E-state index in [9.17, 15) is 4.39 Å². The Bertz CT molecular complexity index is 994. The van der Waals surface area contributed by atoms with Gasteiger partial charge in [0.05, 0.1) is 6.20 Å². The molecule has 2 aromatic heterocycles. The van der Waals surface area contributed by atoms with Gasteiger partial charge in [0, 0.05) is 48.7 Å². The molecule has 1 saturated heterocycles. The molecule has 0 bridgehead atoms. The van der Waals surface area contributed by atoms with Gasteiger partial charge < -0.3 is 0 Å². The molecule has 0 N–H and O–H groups in total. The number of likely N-dealkylation sites (tertiary alicyclic amines) is 1. The van der Waals surface area contributed by atoms with Crippen molar-refractivity contribution in [1.29, 1.82) is 0 Å². The lowest BCUT2D eigenvalue weighted by Crippen LogP contribution is -2.34. The molecule has 0 aliphatic carbocycles. The SMILES string of the molecule is Cc1cc(Cc2cccc(F)c2)cc([C@@H]2CCCN(Cc3cnn(C)c3C)C2)n1. The van der Waals surface area contributed by atoms with Crippen molar-refractivity contribution in [2.75, 3.05) is 13.1 Å². The maximum atomic E-state index is 13.5. The second kappa shape index (κ2) is 8.46. The van der Waals surface area contributed by atoms with E-state index >= 15 is 0 Å². The first-order valence-electron chi connectivity index (χ1n) is 10.4. The van der Waals surface area contributed by atoms with Gasteiger partial charge >= 0.3 is 0 Å². The molecule has 3 heterocycles. The highest BCUT2D eigenvalue weighted by molar-refractivity contribution is 5.30. The van der Waals surface area contributed by atoms with Crippen LogP contribution >= 0.6 is 0 Å². The fraction of sp³-hybridized carbons (Fsp3) is 0.417. The predicted octanol–water partition coefficient (Wildman–Crippen LogP) is 4.54. The lowest BCUT2D eigenvalue weighted by atomic mass is 9.92. The van der Waals surface area contributed by atoms with E-state index in [1.165, 1.54) is 41.4 Å². The zero-order valence-corrected chi connectivity index (χ0v) is 17.5. The van der Waals surface area contributed by atoms with Crippen LogP contribution in [-0.4, -0.2) is 32.8 Å². The Morgan fingerprint density at radius 2 is 2.00 bits per heavy atom. The molecule has 29 heavy (non-hydrogen) atoms. The lowest BCUT2D eigenvalue weighted by Gasteiger charge is -2.32. The van der Waals surface area contributed by atoms with E-state index in [0.29, 0.717) is 5.92 Å². The van der Waals surface area contributed by atoms with Crippen molar-refractivity contribution < 1.29 is 4.39 Å². The average molecular weight is 393 g/mol. The van der Waals surface area contributed by atoms with E-state index in [1.807, 2.05) is 24.0 Å². The third-order valence-corrected chi connectivity index (χ3v) is 5.98. The molecule has 152 valence electrons. The lowest BCUT2D eigenvalue weighted by molar-refractivity contribution is 0.198. The van der Waals surface area contributed by atoms with Gasteiger partial charge in [0.1, 0.15) is 5.82 Å². The summed E-state index contributed by atoms with van der Waals surface area (Å²) in [6, 6.07) is 11.2. The number of benzene rings is 1. The molecule has 4 nitrogen and oxygen atoms in total. The monoisotopic (exact) mass is 392 g/mol. The molecule has 0 saturated carbocycles. The van der Waals surface area contributed by atoms with Crippen molar-refractivity contribution in [2.24, 2.45) is 7.05 Å².